The summed E-state index contributed by atoms with van der Waals surface area (Å²) in [7, 11) is 1.63. The zero-order valence-corrected chi connectivity index (χ0v) is 10.6. The van der Waals surface area contributed by atoms with Gasteiger partial charge in [-0.2, -0.15) is 0 Å². The average molecular weight is 237 g/mol. The van der Waals surface area contributed by atoms with E-state index in [9.17, 15) is 4.79 Å². The van der Waals surface area contributed by atoms with E-state index in [0.29, 0.717) is 19.7 Å². The van der Waals surface area contributed by atoms with Gasteiger partial charge in [-0.3, -0.25) is 0 Å². The maximum absolute atomic E-state index is 11.6. The molecule has 0 fully saturated rings. The highest BCUT2D eigenvalue weighted by Gasteiger charge is 2.12. The van der Waals surface area contributed by atoms with Crippen LogP contribution in [0.1, 0.15) is 19.4 Å². The largest absolute Gasteiger partial charge is 0.497 e. The molecule has 0 aliphatic carbocycles. The Bertz CT molecular complexity index is 348. The fourth-order valence-corrected chi connectivity index (χ4v) is 1.47. The number of hydrogen-bond acceptors (Lipinski definition) is 3. The molecule has 1 amide bonds. The molecule has 0 unspecified atom stereocenters. The molecule has 17 heavy (non-hydrogen) atoms. The molecule has 0 heterocycles. The molecule has 0 atom stereocenters. The third-order valence-electron chi connectivity index (χ3n) is 2.44. The van der Waals surface area contributed by atoms with Crippen molar-refractivity contribution in [3.8, 4) is 5.75 Å². The summed E-state index contributed by atoms with van der Waals surface area (Å²) in [4.78, 5) is 13.2. The van der Waals surface area contributed by atoms with Crippen molar-refractivity contribution >= 4 is 6.09 Å². The van der Waals surface area contributed by atoms with Crippen LogP contribution in [-0.2, 0) is 11.3 Å². The van der Waals surface area contributed by atoms with Crippen molar-refractivity contribution in [1.82, 2.24) is 4.90 Å². The normalized spacial score (nSPS) is 9.82. The summed E-state index contributed by atoms with van der Waals surface area (Å²) >= 11 is 0. The van der Waals surface area contributed by atoms with Crippen LogP contribution in [0.25, 0.3) is 0 Å². The van der Waals surface area contributed by atoms with Crippen LogP contribution >= 0.6 is 0 Å². The van der Waals surface area contributed by atoms with Gasteiger partial charge < -0.3 is 14.4 Å². The Morgan fingerprint density at radius 3 is 2.35 bits per heavy atom. The van der Waals surface area contributed by atoms with Gasteiger partial charge in [-0.1, -0.05) is 12.1 Å². The smallest absolute Gasteiger partial charge is 0.410 e. The number of methoxy groups -OCH3 is 1. The monoisotopic (exact) mass is 237 g/mol. The lowest BCUT2D eigenvalue weighted by molar-refractivity contribution is 0.107. The van der Waals surface area contributed by atoms with Gasteiger partial charge in [0.15, 0.2) is 0 Å². The fraction of sp³-hybridized carbons (Fsp3) is 0.462. The lowest BCUT2D eigenvalue weighted by Gasteiger charge is -2.20. The first kappa shape index (κ1) is 13.4. The van der Waals surface area contributed by atoms with Gasteiger partial charge in [-0.05, 0) is 31.5 Å². The van der Waals surface area contributed by atoms with Gasteiger partial charge in [0.2, 0.25) is 0 Å². The molecule has 0 bridgehead atoms. The quantitative estimate of drug-likeness (QED) is 0.790. The molecule has 0 N–H and O–H groups in total. The minimum Gasteiger partial charge on any atom is -0.497 e. The van der Waals surface area contributed by atoms with Crippen LogP contribution in [0.15, 0.2) is 24.3 Å². The van der Waals surface area contributed by atoms with Crippen molar-refractivity contribution in [2.75, 3.05) is 20.3 Å². The summed E-state index contributed by atoms with van der Waals surface area (Å²) in [6, 6.07) is 7.66. The maximum atomic E-state index is 11.6. The average Bonchev–Trinajstić information content (AvgIpc) is 2.37. The summed E-state index contributed by atoms with van der Waals surface area (Å²) in [6.07, 6.45) is -0.272. The summed E-state index contributed by atoms with van der Waals surface area (Å²) in [5.74, 6) is 0.813. The second-order valence-electron chi connectivity index (χ2n) is 3.56. The lowest BCUT2D eigenvalue weighted by atomic mass is 10.2. The van der Waals surface area contributed by atoms with Gasteiger partial charge in [-0.15, -0.1) is 0 Å². The minimum absolute atomic E-state index is 0.272. The first-order valence-corrected chi connectivity index (χ1v) is 5.75. The van der Waals surface area contributed by atoms with Crippen molar-refractivity contribution in [1.29, 1.82) is 0 Å². The molecule has 1 aromatic carbocycles. The Kier molecular flexibility index (Phi) is 5.33. The van der Waals surface area contributed by atoms with E-state index in [1.165, 1.54) is 0 Å². The highest BCUT2D eigenvalue weighted by atomic mass is 16.6. The van der Waals surface area contributed by atoms with E-state index in [0.717, 1.165) is 11.3 Å². The van der Waals surface area contributed by atoms with Crippen LogP contribution in [0.2, 0.25) is 0 Å². The SMILES string of the molecule is CCOC(=O)N(CC)Cc1ccc(OC)cc1. The highest BCUT2D eigenvalue weighted by molar-refractivity contribution is 5.67. The second kappa shape index (κ2) is 6.78. The van der Waals surface area contributed by atoms with Crippen molar-refractivity contribution in [3.63, 3.8) is 0 Å². The Hall–Kier alpha value is -1.71. The molecular formula is C13H19NO3. The van der Waals surface area contributed by atoms with Crippen LogP contribution < -0.4 is 4.74 Å². The van der Waals surface area contributed by atoms with E-state index in [2.05, 4.69) is 0 Å². The maximum Gasteiger partial charge on any atom is 0.410 e. The van der Waals surface area contributed by atoms with Crippen LogP contribution in [0.5, 0.6) is 5.75 Å². The number of nitrogens with zero attached hydrogens (tertiary/aromatic N) is 1. The molecule has 0 radical (unpaired) electrons. The summed E-state index contributed by atoms with van der Waals surface area (Å²) in [6.45, 7) is 5.32. The summed E-state index contributed by atoms with van der Waals surface area (Å²) in [5.41, 5.74) is 1.06. The van der Waals surface area contributed by atoms with Gasteiger partial charge in [0, 0.05) is 13.1 Å². The van der Waals surface area contributed by atoms with Gasteiger partial charge in [0.1, 0.15) is 5.75 Å². The van der Waals surface area contributed by atoms with Gasteiger partial charge in [0.05, 0.1) is 13.7 Å². The van der Waals surface area contributed by atoms with Crippen LogP contribution in [-0.4, -0.2) is 31.3 Å². The van der Waals surface area contributed by atoms with E-state index in [-0.39, 0.29) is 6.09 Å². The molecule has 4 heteroatoms. The molecule has 0 aliphatic heterocycles. The van der Waals surface area contributed by atoms with Crippen molar-refractivity contribution in [3.05, 3.63) is 29.8 Å². The van der Waals surface area contributed by atoms with E-state index >= 15 is 0 Å². The molecule has 1 aromatic rings. The number of carbonyl (C=O) groups excluding carboxylic acids is 1. The van der Waals surface area contributed by atoms with Gasteiger partial charge in [0.25, 0.3) is 0 Å². The Morgan fingerprint density at radius 1 is 1.24 bits per heavy atom. The van der Waals surface area contributed by atoms with E-state index in [1.54, 1.807) is 18.9 Å². The number of amides is 1. The second-order valence-corrected chi connectivity index (χ2v) is 3.56. The standard InChI is InChI=1S/C13H19NO3/c1-4-14(13(15)17-5-2)10-11-6-8-12(16-3)9-7-11/h6-9H,4-5,10H2,1-3H3. The molecule has 1 rings (SSSR count). The number of rotatable bonds is 5. The number of ether oxygens (including phenoxy) is 2. The first-order valence-electron chi connectivity index (χ1n) is 5.75. The summed E-state index contributed by atoms with van der Waals surface area (Å²) < 4.78 is 10.1. The third-order valence-corrected chi connectivity index (χ3v) is 2.44. The topological polar surface area (TPSA) is 38.8 Å². The Balaban J connectivity index is 2.63. The Morgan fingerprint density at radius 2 is 1.88 bits per heavy atom. The predicted molar refractivity (Wildman–Crippen MR) is 66.1 cm³/mol. The molecule has 94 valence electrons. The van der Waals surface area contributed by atoms with E-state index in [4.69, 9.17) is 9.47 Å². The molecule has 0 aromatic heterocycles. The highest BCUT2D eigenvalue weighted by Crippen LogP contribution is 2.13. The van der Waals surface area contributed by atoms with Crippen molar-refractivity contribution < 1.29 is 14.3 Å². The minimum atomic E-state index is -0.272. The third kappa shape index (κ3) is 3.98. The number of hydrogen-bond donors (Lipinski definition) is 0. The lowest BCUT2D eigenvalue weighted by Crippen LogP contribution is -2.30. The zero-order chi connectivity index (χ0) is 12.7. The molecule has 0 spiro atoms. The Labute approximate surface area is 102 Å². The zero-order valence-electron chi connectivity index (χ0n) is 10.6. The molecule has 0 saturated carbocycles. The van der Waals surface area contributed by atoms with Crippen LogP contribution in [0.4, 0.5) is 4.79 Å². The predicted octanol–water partition coefficient (Wildman–Crippen LogP) is 2.67. The van der Waals surface area contributed by atoms with E-state index in [1.807, 2.05) is 31.2 Å². The van der Waals surface area contributed by atoms with Crippen LogP contribution in [0.3, 0.4) is 0 Å². The van der Waals surface area contributed by atoms with Crippen LogP contribution in [0, 0.1) is 0 Å². The van der Waals surface area contributed by atoms with Gasteiger partial charge in [-0.25, -0.2) is 4.79 Å². The first-order chi connectivity index (χ1) is 8.21. The van der Waals surface area contributed by atoms with Gasteiger partial charge >= 0.3 is 6.09 Å². The van der Waals surface area contributed by atoms with Crippen molar-refractivity contribution in [2.45, 2.75) is 20.4 Å². The molecule has 4 nitrogen and oxygen atoms in total. The molecular weight excluding hydrogens is 218 g/mol. The fourth-order valence-electron chi connectivity index (χ4n) is 1.47. The van der Waals surface area contributed by atoms with Crippen molar-refractivity contribution in [2.24, 2.45) is 0 Å². The summed E-state index contributed by atoms with van der Waals surface area (Å²) in [5, 5.41) is 0. The molecule has 0 saturated heterocycles. The van der Waals surface area contributed by atoms with E-state index < -0.39 is 0 Å². The number of carbonyl (C=O) groups is 1. The number of benzene rings is 1. The molecule has 0 aliphatic rings.